The molecule has 0 atom stereocenters. The van der Waals surface area contributed by atoms with Gasteiger partial charge >= 0.3 is 5.97 Å². The molecule has 1 aliphatic rings. The van der Waals surface area contributed by atoms with Crippen LogP contribution in [0.25, 0.3) is 5.69 Å². The van der Waals surface area contributed by atoms with Crippen LogP contribution < -0.4 is 0 Å². The minimum atomic E-state index is -0.725. The second-order valence-electron chi connectivity index (χ2n) is 7.09. The summed E-state index contributed by atoms with van der Waals surface area (Å²) in [5.41, 5.74) is 4.19. The highest BCUT2D eigenvalue weighted by Crippen LogP contribution is 2.25. The molecule has 1 aromatic heterocycles. The molecule has 2 amide bonds. The van der Waals surface area contributed by atoms with E-state index in [-0.39, 0.29) is 17.5 Å². The Hall–Kier alpha value is -3.45. The molecule has 4 rings (SSSR count). The second kappa shape index (κ2) is 7.42. The highest BCUT2D eigenvalue weighted by molar-refractivity contribution is 6.31. The summed E-state index contributed by atoms with van der Waals surface area (Å²) in [4.78, 5) is 42.4. The zero-order valence-corrected chi connectivity index (χ0v) is 17.4. The minimum absolute atomic E-state index is 0.134. The molecule has 0 saturated heterocycles. The minimum Gasteiger partial charge on any atom is -0.329 e. The Labute approximate surface area is 177 Å². The van der Waals surface area contributed by atoms with Gasteiger partial charge in [0, 0.05) is 16.3 Å². The molecule has 0 bridgehead atoms. The summed E-state index contributed by atoms with van der Waals surface area (Å²) in [6.07, 6.45) is -0.134. The van der Waals surface area contributed by atoms with Crippen LogP contribution in [0.15, 0.2) is 42.5 Å². The van der Waals surface area contributed by atoms with Crippen molar-refractivity contribution in [3.05, 3.63) is 81.1 Å². The van der Waals surface area contributed by atoms with Crippen molar-refractivity contribution in [3.63, 3.8) is 0 Å². The summed E-state index contributed by atoms with van der Waals surface area (Å²) in [5, 5.41) is 5.63. The molecule has 2 aromatic carbocycles. The number of carbonyl (C=O) groups excluding carboxylic acids is 3. The quantitative estimate of drug-likeness (QED) is 0.597. The number of amides is 2. The predicted molar refractivity (Wildman–Crippen MR) is 110 cm³/mol. The van der Waals surface area contributed by atoms with Gasteiger partial charge in [-0.15, -0.1) is 0 Å². The fraction of sp³-hybridized carbons (Fsp3) is 0.182. The van der Waals surface area contributed by atoms with Gasteiger partial charge in [-0.3, -0.25) is 9.59 Å². The molecule has 8 heteroatoms. The van der Waals surface area contributed by atoms with E-state index in [2.05, 4.69) is 5.10 Å². The molecule has 152 valence electrons. The molecule has 0 radical (unpaired) electrons. The van der Waals surface area contributed by atoms with E-state index < -0.39 is 17.8 Å². The molecular weight excluding hydrogens is 406 g/mol. The lowest BCUT2D eigenvalue weighted by molar-refractivity contribution is -0.167. The third-order valence-corrected chi connectivity index (χ3v) is 5.52. The van der Waals surface area contributed by atoms with Crippen molar-refractivity contribution in [1.82, 2.24) is 14.8 Å². The van der Waals surface area contributed by atoms with E-state index in [1.54, 1.807) is 29.8 Å². The Kier molecular flexibility index (Phi) is 4.91. The van der Waals surface area contributed by atoms with Gasteiger partial charge in [-0.25, -0.2) is 9.48 Å². The third kappa shape index (κ3) is 3.27. The van der Waals surface area contributed by atoms with Crippen molar-refractivity contribution in [3.8, 4) is 5.69 Å². The van der Waals surface area contributed by atoms with E-state index in [1.165, 1.54) is 12.1 Å². The first-order valence-electron chi connectivity index (χ1n) is 9.28. The van der Waals surface area contributed by atoms with Crippen LogP contribution in [0.5, 0.6) is 0 Å². The Morgan fingerprint density at radius 2 is 1.67 bits per heavy atom. The van der Waals surface area contributed by atoms with Crippen LogP contribution in [-0.2, 0) is 16.1 Å². The van der Waals surface area contributed by atoms with Gasteiger partial charge in [0.2, 0.25) is 0 Å². The largest absolute Gasteiger partial charge is 0.337 e. The lowest BCUT2D eigenvalue weighted by Gasteiger charge is -2.13. The van der Waals surface area contributed by atoms with E-state index >= 15 is 0 Å². The molecule has 0 saturated carbocycles. The summed E-state index contributed by atoms with van der Waals surface area (Å²) >= 11 is 6.22. The molecular formula is C22H18ClN3O4. The van der Waals surface area contributed by atoms with Gasteiger partial charge in [0.15, 0.2) is 0 Å². The zero-order chi connectivity index (χ0) is 21.6. The van der Waals surface area contributed by atoms with Crippen molar-refractivity contribution in [2.75, 3.05) is 0 Å². The number of nitrogens with zero attached hydrogens (tertiary/aromatic N) is 3. The lowest BCUT2D eigenvalue weighted by Crippen LogP contribution is -2.33. The SMILES string of the molecule is Cc1ccc(-n2nc(C)c(CC(=O)ON3C(=O)c4ccccc4C3=O)c2C)cc1Cl. The average Bonchev–Trinajstić information content (AvgIpc) is 3.13. The molecule has 0 spiro atoms. The smallest absolute Gasteiger partial charge is 0.329 e. The fourth-order valence-corrected chi connectivity index (χ4v) is 3.60. The summed E-state index contributed by atoms with van der Waals surface area (Å²) in [6.45, 7) is 5.52. The number of fused-ring (bicyclic) bond motifs is 1. The van der Waals surface area contributed by atoms with Crippen LogP contribution in [0, 0.1) is 20.8 Å². The van der Waals surface area contributed by atoms with Crippen molar-refractivity contribution in [2.45, 2.75) is 27.2 Å². The van der Waals surface area contributed by atoms with Gasteiger partial charge < -0.3 is 4.84 Å². The van der Waals surface area contributed by atoms with Crippen molar-refractivity contribution >= 4 is 29.4 Å². The fourth-order valence-electron chi connectivity index (χ4n) is 3.42. The predicted octanol–water partition coefficient (Wildman–Crippen LogP) is 3.75. The van der Waals surface area contributed by atoms with Crippen LogP contribution >= 0.6 is 11.6 Å². The third-order valence-electron chi connectivity index (χ3n) is 5.11. The van der Waals surface area contributed by atoms with E-state index in [0.29, 0.717) is 21.3 Å². The molecule has 7 nitrogen and oxygen atoms in total. The number of hydroxylamine groups is 2. The zero-order valence-electron chi connectivity index (χ0n) is 16.6. The second-order valence-corrected chi connectivity index (χ2v) is 7.49. The Balaban J connectivity index is 1.55. The van der Waals surface area contributed by atoms with Crippen LogP contribution in [-0.4, -0.2) is 32.6 Å². The Morgan fingerprint density at radius 1 is 1.03 bits per heavy atom. The molecule has 2 heterocycles. The van der Waals surface area contributed by atoms with E-state index in [0.717, 1.165) is 16.9 Å². The van der Waals surface area contributed by atoms with Crippen LogP contribution in [0.3, 0.4) is 0 Å². The molecule has 0 aliphatic carbocycles. The summed E-state index contributed by atoms with van der Waals surface area (Å²) in [7, 11) is 0. The monoisotopic (exact) mass is 423 g/mol. The number of aryl methyl sites for hydroxylation is 2. The summed E-state index contributed by atoms with van der Waals surface area (Å²) < 4.78 is 1.70. The van der Waals surface area contributed by atoms with E-state index in [1.807, 2.05) is 26.0 Å². The average molecular weight is 424 g/mol. The highest BCUT2D eigenvalue weighted by atomic mass is 35.5. The first kappa shape index (κ1) is 19.8. The number of hydrogen-bond donors (Lipinski definition) is 0. The van der Waals surface area contributed by atoms with Gasteiger partial charge in [-0.2, -0.15) is 5.10 Å². The number of carbonyl (C=O) groups is 3. The first-order chi connectivity index (χ1) is 14.3. The van der Waals surface area contributed by atoms with Crippen LogP contribution in [0.2, 0.25) is 5.02 Å². The van der Waals surface area contributed by atoms with Gasteiger partial charge in [-0.05, 0) is 50.6 Å². The van der Waals surface area contributed by atoms with Crippen molar-refractivity contribution in [2.24, 2.45) is 0 Å². The maximum atomic E-state index is 12.5. The van der Waals surface area contributed by atoms with Crippen molar-refractivity contribution < 1.29 is 19.2 Å². The number of halogens is 1. The van der Waals surface area contributed by atoms with E-state index in [9.17, 15) is 14.4 Å². The lowest BCUT2D eigenvalue weighted by atomic mass is 10.1. The number of hydrogen-bond acceptors (Lipinski definition) is 5. The number of benzene rings is 2. The molecule has 3 aromatic rings. The summed E-state index contributed by atoms with van der Waals surface area (Å²) in [6, 6.07) is 11.9. The first-order valence-corrected chi connectivity index (χ1v) is 9.66. The maximum absolute atomic E-state index is 12.5. The van der Waals surface area contributed by atoms with Crippen LogP contribution in [0.1, 0.15) is 43.2 Å². The summed E-state index contributed by atoms with van der Waals surface area (Å²) in [5.74, 6) is -2.03. The molecule has 0 N–H and O–H groups in total. The molecule has 30 heavy (non-hydrogen) atoms. The number of imide groups is 1. The highest BCUT2D eigenvalue weighted by Gasteiger charge is 2.38. The number of rotatable bonds is 4. The Bertz CT molecular complexity index is 1180. The van der Waals surface area contributed by atoms with Crippen LogP contribution in [0.4, 0.5) is 0 Å². The van der Waals surface area contributed by atoms with Crippen molar-refractivity contribution in [1.29, 1.82) is 0 Å². The maximum Gasteiger partial charge on any atom is 0.337 e. The van der Waals surface area contributed by atoms with E-state index in [4.69, 9.17) is 16.4 Å². The van der Waals surface area contributed by atoms with Gasteiger partial charge in [0.1, 0.15) is 0 Å². The molecule has 0 unspecified atom stereocenters. The van der Waals surface area contributed by atoms with Gasteiger partial charge in [-0.1, -0.05) is 34.9 Å². The molecule has 1 aliphatic heterocycles. The standard InChI is InChI=1S/C22H18ClN3O4/c1-12-8-9-15(10-19(12)23)25-14(3)18(13(2)24-25)11-20(27)30-26-21(28)16-6-4-5-7-17(16)22(26)29/h4-10H,11H2,1-3H3. The normalized spacial score (nSPS) is 13.0. The number of aromatic nitrogens is 2. The topological polar surface area (TPSA) is 81.5 Å². The van der Waals surface area contributed by atoms with Gasteiger partial charge in [0.25, 0.3) is 11.8 Å². The molecule has 0 fully saturated rings. The Morgan fingerprint density at radius 3 is 2.27 bits per heavy atom. The van der Waals surface area contributed by atoms with Gasteiger partial charge in [0.05, 0.1) is 28.9 Å².